The molecule has 1 aliphatic rings. The SMILES string of the molecule is CCC1CCSC(NC(C)Cc2ccc(F)cc2)=N1. The summed E-state index contributed by atoms with van der Waals surface area (Å²) in [6.45, 7) is 4.33. The third-order valence-electron chi connectivity index (χ3n) is 3.29. The highest BCUT2D eigenvalue weighted by Gasteiger charge is 2.15. The van der Waals surface area contributed by atoms with E-state index in [9.17, 15) is 4.39 Å². The molecule has 1 aliphatic heterocycles. The molecule has 0 saturated carbocycles. The number of aliphatic imine (C=N–C) groups is 1. The zero-order valence-electron chi connectivity index (χ0n) is 11.5. The van der Waals surface area contributed by atoms with Crippen LogP contribution in [0, 0.1) is 5.82 Å². The Morgan fingerprint density at radius 2 is 2.16 bits per heavy atom. The lowest BCUT2D eigenvalue weighted by atomic mass is 10.1. The molecule has 4 heteroatoms. The number of amidine groups is 1. The van der Waals surface area contributed by atoms with Crippen molar-refractivity contribution in [2.45, 2.75) is 45.2 Å². The fourth-order valence-electron chi connectivity index (χ4n) is 2.17. The number of rotatable bonds is 4. The summed E-state index contributed by atoms with van der Waals surface area (Å²) in [7, 11) is 0. The van der Waals surface area contributed by atoms with Crippen LogP contribution in [0.5, 0.6) is 0 Å². The summed E-state index contributed by atoms with van der Waals surface area (Å²) in [4.78, 5) is 4.70. The van der Waals surface area contributed by atoms with Crippen molar-refractivity contribution in [3.8, 4) is 0 Å². The van der Waals surface area contributed by atoms with E-state index in [2.05, 4.69) is 19.2 Å². The highest BCUT2D eigenvalue weighted by molar-refractivity contribution is 8.13. The van der Waals surface area contributed by atoms with Gasteiger partial charge in [0.25, 0.3) is 0 Å². The minimum absolute atomic E-state index is 0.178. The number of hydrogen-bond donors (Lipinski definition) is 1. The van der Waals surface area contributed by atoms with E-state index >= 15 is 0 Å². The molecule has 2 atom stereocenters. The first-order chi connectivity index (χ1) is 9.17. The minimum atomic E-state index is -0.178. The van der Waals surface area contributed by atoms with Gasteiger partial charge in [-0.15, -0.1) is 0 Å². The Morgan fingerprint density at radius 1 is 1.42 bits per heavy atom. The topological polar surface area (TPSA) is 24.4 Å². The smallest absolute Gasteiger partial charge is 0.157 e. The van der Waals surface area contributed by atoms with E-state index < -0.39 is 0 Å². The van der Waals surface area contributed by atoms with Crippen LogP contribution in [0.4, 0.5) is 4.39 Å². The molecule has 0 bridgehead atoms. The highest BCUT2D eigenvalue weighted by atomic mass is 32.2. The molecule has 104 valence electrons. The molecule has 0 radical (unpaired) electrons. The first kappa shape index (κ1) is 14.4. The van der Waals surface area contributed by atoms with Crippen LogP contribution in [0.25, 0.3) is 0 Å². The van der Waals surface area contributed by atoms with E-state index in [-0.39, 0.29) is 5.82 Å². The van der Waals surface area contributed by atoms with Gasteiger partial charge in [0.2, 0.25) is 0 Å². The maximum atomic E-state index is 12.8. The Bertz CT molecular complexity index is 430. The second kappa shape index (κ2) is 6.94. The molecule has 0 fully saturated rings. The third kappa shape index (κ3) is 4.53. The van der Waals surface area contributed by atoms with Crippen LogP contribution >= 0.6 is 11.8 Å². The van der Waals surface area contributed by atoms with Crippen molar-refractivity contribution in [1.29, 1.82) is 0 Å². The maximum absolute atomic E-state index is 12.8. The number of nitrogens with one attached hydrogen (secondary N) is 1. The van der Waals surface area contributed by atoms with Gasteiger partial charge in [-0.1, -0.05) is 30.8 Å². The van der Waals surface area contributed by atoms with Crippen LogP contribution in [0.15, 0.2) is 29.3 Å². The molecule has 2 rings (SSSR count). The van der Waals surface area contributed by atoms with Crippen molar-refractivity contribution >= 4 is 16.9 Å². The van der Waals surface area contributed by atoms with Gasteiger partial charge in [0.05, 0.1) is 6.04 Å². The quantitative estimate of drug-likeness (QED) is 0.911. The average Bonchev–Trinajstić information content (AvgIpc) is 2.41. The molecule has 1 aromatic carbocycles. The molecule has 2 nitrogen and oxygen atoms in total. The number of benzene rings is 1. The van der Waals surface area contributed by atoms with Crippen LogP contribution < -0.4 is 5.32 Å². The summed E-state index contributed by atoms with van der Waals surface area (Å²) >= 11 is 1.80. The number of nitrogens with zero attached hydrogens (tertiary/aromatic N) is 1. The second-order valence-electron chi connectivity index (χ2n) is 5.01. The summed E-state index contributed by atoms with van der Waals surface area (Å²) in [5.74, 6) is 0.968. The zero-order valence-corrected chi connectivity index (χ0v) is 12.3. The fourth-order valence-corrected chi connectivity index (χ4v) is 3.26. The summed E-state index contributed by atoms with van der Waals surface area (Å²) in [6.07, 6.45) is 3.17. The molecule has 1 aromatic rings. The van der Waals surface area contributed by atoms with Crippen LogP contribution in [-0.4, -0.2) is 23.0 Å². The van der Waals surface area contributed by atoms with Gasteiger partial charge >= 0.3 is 0 Å². The van der Waals surface area contributed by atoms with Crippen molar-refractivity contribution < 1.29 is 4.39 Å². The van der Waals surface area contributed by atoms with E-state index in [1.807, 2.05) is 12.1 Å². The number of thioether (sulfide) groups is 1. The summed E-state index contributed by atoms with van der Waals surface area (Å²) < 4.78 is 12.8. The largest absolute Gasteiger partial charge is 0.362 e. The first-order valence-corrected chi connectivity index (χ1v) is 7.87. The predicted octanol–water partition coefficient (Wildman–Crippen LogP) is 3.62. The molecule has 0 saturated heterocycles. The van der Waals surface area contributed by atoms with E-state index in [0.717, 1.165) is 29.3 Å². The normalized spacial score (nSPS) is 20.8. The lowest BCUT2D eigenvalue weighted by Gasteiger charge is -2.22. The van der Waals surface area contributed by atoms with Gasteiger partial charge in [-0.3, -0.25) is 4.99 Å². The summed E-state index contributed by atoms with van der Waals surface area (Å²) in [6, 6.07) is 7.51. The molecule has 2 unspecified atom stereocenters. The van der Waals surface area contributed by atoms with Crippen LogP contribution in [0.2, 0.25) is 0 Å². The second-order valence-corrected chi connectivity index (χ2v) is 6.09. The third-order valence-corrected chi connectivity index (χ3v) is 4.22. The lowest BCUT2D eigenvalue weighted by molar-refractivity contribution is 0.611. The molecule has 19 heavy (non-hydrogen) atoms. The minimum Gasteiger partial charge on any atom is -0.362 e. The molecule has 1 N–H and O–H groups in total. The number of hydrogen-bond acceptors (Lipinski definition) is 3. The van der Waals surface area contributed by atoms with E-state index in [1.54, 1.807) is 11.8 Å². The molecule has 1 heterocycles. The Morgan fingerprint density at radius 3 is 2.84 bits per heavy atom. The van der Waals surface area contributed by atoms with Gasteiger partial charge < -0.3 is 5.32 Å². The van der Waals surface area contributed by atoms with Gasteiger partial charge in [0, 0.05) is 11.8 Å². The molecular formula is C15H21FN2S. The Balaban J connectivity index is 1.88. The molecule has 0 aliphatic carbocycles. The molecular weight excluding hydrogens is 259 g/mol. The molecule has 0 aromatic heterocycles. The van der Waals surface area contributed by atoms with Gasteiger partial charge in [-0.05, 0) is 43.9 Å². The maximum Gasteiger partial charge on any atom is 0.157 e. The summed E-state index contributed by atoms with van der Waals surface area (Å²) in [5, 5.41) is 4.53. The van der Waals surface area contributed by atoms with Crippen LogP contribution in [0.3, 0.4) is 0 Å². The first-order valence-electron chi connectivity index (χ1n) is 6.89. The average molecular weight is 280 g/mol. The summed E-state index contributed by atoms with van der Waals surface area (Å²) in [5.41, 5.74) is 1.15. The van der Waals surface area contributed by atoms with E-state index in [1.165, 1.54) is 18.6 Å². The van der Waals surface area contributed by atoms with Crippen molar-refractivity contribution in [2.24, 2.45) is 4.99 Å². The Hall–Kier alpha value is -1.03. The van der Waals surface area contributed by atoms with Crippen molar-refractivity contribution in [3.63, 3.8) is 0 Å². The predicted molar refractivity (Wildman–Crippen MR) is 81.3 cm³/mol. The fraction of sp³-hybridized carbons (Fsp3) is 0.533. The van der Waals surface area contributed by atoms with E-state index in [4.69, 9.17) is 4.99 Å². The number of halogens is 1. The van der Waals surface area contributed by atoms with Gasteiger partial charge in [0.15, 0.2) is 5.17 Å². The monoisotopic (exact) mass is 280 g/mol. The highest BCUT2D eigenvalue weighted by Crippen LogP contribution is 2.18. The lowest BCUT2D eigenvalue weighted by Crippen LogP contribution is -2.35. The van der Waals surface area contributed by atoms with E-state index in [0.29, 0.717) is 12.1 Å². The Kier molecular flexibility index (Phi) is 5.25. The van der Waals surface area contributed by atoms with Crippen molar-refractivity contribution in [1.82, 2.24) is 5.32 Å². The van der Waals surface area contributed by atoms with Crippen LogP contribution in [-0.2, 0) is 6.42 Å². The van der Waals surface area contributed by atoms with Gasteiger partial charge in [0.1, 0.15) is 5.82 Å². The zero-order chi connectivity index (χ0) is 13.7. The molecule has 0 amide bonds. The Labute approximate surface area is 118 Å². The van der Waals surface area contributed by atoms with Crippen LogP contribution in [0.1, 0.15) is 32.3 Å². The van der Waals surface area contributed by atoms with Gasteiger partial charge in [-0.2, -0.15) is 0 Å². The van der Waals surface area contributed by atoms with Gasteiger partial charge in [-0.25, -0.2) is 4.39 Å². The molecule has 0 spiro atoms. The van der Waals surface area contributed by atoms with Crippen molar-refractivity contribution in [2.75, 3.05) is 5.75 Å². The standard InChI is InChI=1S/C15H21FN2S/c1-3-14-8-9-19-15(18-14)17-11(2)10-12-4-6-13(16)7-5-12/h4-7,11,14H,3,8-10H2,1-2H3,(H,17,18). The van der Waals surface area contributed by atoms with Crippen molar-refractivity contribution in [3.05, 3.63) is 35.6 Å².